The van der Waals surface area contributed by atoms with Crippen molar-refractivity contribution in [2.75, 3.05) is 0 Å². The summed E-state index contributed by atoms with van der Waals surface area (Å²) in [6.07, 6.45) is 2.47. The van der Waals surface area contributed by atoms with Crippen LogP contribution in [0.5, 0.6) is 0 Å². The Morgan fingerprint density at radius 3 is 2.07 bits per heavy atom. The van der Waals surface area contributed by atoms with Crippen molar-refractivity contribution < 1.29 is 5.11 Å². The maximum atomic E-state index is 10.4. The van der Waals surface area contributed by atoms with Crippen LogP contribution in [0.2, 0.25) is 0 Å². The van der Waals surface area contributed by atoms with Crippen LogP contribution < -0.4 is 0 Å². The summed E-state index contributed by atoms with van der Waals surface area (Å²) in [6, 6.07) is 0. The fraction of sp³-hybridized carbons (Fsp3) is 1.00. The van der Waals surface area contributed by atoms with Crippen molar-refractivity contribution in [3.05, 3.63) is 0 Å². The van der Waals surface area contributed by atoms with Gasteiger partial charge in [0.15, 0.2) is 0 Å². The molecule has 0 spiro atoms. The summed E-state index contributed by atoms with van der Waals surface area (Å²) in [4.78, 5) is 0. The van der Waals surface area contributed by atoms with Crippen LogP contribution in [0.15, 0.2) is 0 Å². The molecule has 0 radical (unpaired) electrons. The van der Waals surface area contributed by atoms with E-state index in [0.29, 0.717) is 17.3 Å². The highest BCUT2D eigenvalue weighted by Crippen LogP contribution is 2.68. The Morgan fingerprint density at radius 2 is 1.79 bits per heavy atom. The first kappa shape index (κ1) is 10.5. The van der Waals surface area contributed by atoms with Crippen molar-refractivity contribution in [1.82, 2.24) is 0 Å². The highest BCUT2D eigenvalue weighted by Gasteiger charge is 2.65. The van der Waals surface area contributed by atoms with Crippen LogP contribution in [0.3, 0.4) is 0 Å². The third-order valence-corrected chi connectivity index (χ3v) is 5.63. The van der Waals surface area contributed by atoms with E-state index in [4.69, 9.17) is 0 Å². The fourth-order valence-electron chi connectivity index (χ4n) is 4.24. The molecule has 1 heteroatoms. The normalized spacial score (nSPS) is 50.4. The van der Waals surface area contributed by atoms with E-state index in [1.807, 2.05) is 0 Å². The highest BCUT2D eigenvalue weighted by molar-refractivity contribution is 5.14. The second kappa shape index (κ2) is 2.75. The molecule has 0 heterocycles. The molecule has 1 N–H and O–H groups in total. The lowest BCUT2D eigenvalue weighted by molar-refractivity contribution is -0.0213. The second-order valence-corrected chi connectivity index (χ2v) is 6.55. The smallest absolute Gasteiger partial charge is 0.0632 e. The molecule has 0 aromatic heterocycles. The molecular formula is C13H24O. The van der Waals surface area contributed by atoms with Crippen molar-refractivity contribution in [2.24, 2.45) is 28.6 Å². The number of aliphatic hydroxyl groups excluding tert-OH is 1. The van der Waals surface area contributed by atoms with Crippen molar-refractivity contribution in [1.29, 1.82) is 0 Å². The van der Waals surface area contributed by atoms with Gasteiger partial charge in [0, 0.05) is 0 Å². The summed E-state index contributed by atoms with van der Waals surface area (Å²) < 4.78 is 0. The van der Waals surface area contributed by atoms with E-state index in [2.05, 4.69) is 34.6 Å². The fourth-order valence-corrected chi connectivity index (χ4v) is 4.24. The molecule has 14 heavy (non-hydrogen) atoms. The molecule has 2 bridgehead atoms. The summed E-state index contributed by atoms with van der Waals surface area (Å²) >= 11 is 0. The Kier molecular flexibility index (Phi) is 2.06. The number of hydrogen-bond acceptors (Lipinski definition) is 1. The first-order valence-corrected chi connectivity index (χ1v) is 6.00. The summed E-state index contributed by atoms with van der Waals surface area (Å²) in [7, 11) is 0. The Hall–Kier alpha value is -0.0400. The van der Waals surface area contributed by atoms with Gasteiger partial charge in [-0.05, 0) is 41.4 Å². The summed E-state index contributed by atoms with van der Waals surface area (Å²) in [5.41, 5.74) is 0.508. The van der Waals surface area contributed by atoms with Gasteiger partial charge in [-0.3, -0.25) is 0 Å². The molecule has 82 valence electrons. The Labute approximate surface area is 87.9 Å². The van der Waals surface area contributed by atoms with Gasteiger partial charge in [0.1, 0.15) is 0 Å². The first-order chi connectivity index (χ1) is 6.32. The summed E-state index contributed by atoms with van der Waals surface area (Å²) in [6.45, 7) is 11.5. The SMILES string of the molecule is CC(C)[C@H]1[C@H]2CC[C@@](C)([C@@H]1O)C2(C)C. The van der Waals surface area contributed by atoms with E-state index < -0.39 is 0 Å². The summed E-state index contributed by atoms with van der Waals surface area (Å²) in [5, 5.41) is 10.4. The highest BCUT2D eigenvalue weighted by atomic mass is 16.3. The largest absolute Gasteiger partial charge is 0.392 e. The zero-order valence-electron chi connectivity index (χ0n) is 10.2. The van der Waals surface area contributed by atoms with Crippen molar-refractivity contribution in [3.8, 4) is 0 Å². The van der Waals surface area contributed by atoms with Gasteiger partial charge in [-0.15, -0.1) is 0 Å². The lowest BCUT2D eigenvalue weighted by Crippen LogP contribution is -2.38. The lowest BCUT2D eigenvalue weighted by Gasteiger charge is -2.37. The minimum absolute atomic E-state index is 0.0729. The van der Waals surface area contributed by atoms with Crippen LogP contribution in [0.1, 0.15) is 47.5 Å². The number of rotatable bonds is 1. The molecule has 2 rings (SSSR count). The summed E-state index contributed by atoms with van der Waals surface area (Å²) in [5.74, 6) is 1.89. The Bertz CT molecular complexity index is 244. The van der Waals surface area contributed by atoms with Crippen molar-refractivity contribution >= 4 is 0 Å². The molecule has 2 saturated carbocycles. The van der Waals surface area contributed by atoms with Crippen molar-refractivity contribution in [3.63, 3.8) is 0 Å². The topological polar surface area (TPSA) is 20.2 Å². The predicted octanol–water partition coefficient (Wildman–Crippen LogP) is 3.08. The zero-order valence-corrected chi connectivity index (χ0v) is 10.2. The van der Waals surface area contributed by atoms with Gasteiger partial charge in [-0.25, -0.2) is 0 Å². The van der Waals surface area contributed by atoms with Crippen molar-refractivity contribution in [2.45, 2.75) is 53.6 Å². The van der Waals surface area contributed by atoms with Crippen LogP contribution in [0.4, 0.5) is 0 Å². The van der Waals surface area contributed by atoms with Crippen LogP contribution in [0, 0.1) is 28.6 Å². The number of fused-ring (bicyclic) bond motifs is 2. The van der Waals surface area contributed by atoms with Gasteiger partial charge in [0.05, 0.1) is 6.10 Å². The molecule has 0 amide bonds. The number of aliphatic hydroxyl groups is 1. The van der Waals surface area contributed by atoms with Gasteiger partial charge >= 0.3 is 0 Å². The van der Waals surface area contributed by atoms with Crippen LogP contribution in [-0.2, 0) is 0 Å². The average Bonchev–Trinajstić information content (AvgIpc) is 2.35. The average molecular weight is 196 g/mol. The molecule has 0 aliphatic heterocycles. The molecular weight excluding hydrogens is 172 g/mol. The van der Waals surface area contributed by atoms with E-state index in [9.17, 15) is 5.11 Å². The lowest BCUT2D eigenvalue weighted by atomic mass is 9.70. The monoisotopic (exact) mass is 196 g/mol. The molecule has 2 fully saturated rings. The van der Waals surface area contributed by atoms with E-state index in [0.717, 1.165) is 5.92 Å². The van der Waals surface area contributed by atoms with E-state index >= 15 is 0 Å². The molecule has 4 atom stereocenters. The van der Waals surface area contributed by atoms with Gasteiger partial charge < -0.3 is 5.11 Å². The number of hydrogen-bond donors (Lipinski definition) is 1. The van der Waals surface area contributed by atoms with Gasteiger partial charge in [0.2, 0.25) is 0 Å². The molecule has 0 aromatic rings. The van der Waals surface area contributed by atoms with Gasteiger partial charge in [-0.1, -0.05) is 34.6 Å². The maximum absolute atomic E-state index is 10.4. The standard InChI is InChI=1S/C13H24O/c1-8(2)10-9-6-7-13(5,11(10)14)12(9,3)4/h8-11,14H,6-7H2,1-5H3/t9-,10+,11-,13+/m1/s1. The van der Waals surface area contributed by atoms with Gasteiger partial charge in [0.25, 0.3) is 0 Å². The first-order valence-electron chi connectivity index (χ1n) is 6.00. The molecule has 0 aromatic carbocycles. The zero-order chi connectivity index (χ0) is 10.7. The van der Waals surface area contributed by atoms with Crippen LogP contribution in [-0.4, -0.2) is 11.2 Å². The minimum atomic E-state index is -0.0729. The van der Waals surface area contributed by atoms with E-state index in [1.165, 1.54) is 12.8 Å². The quantitative estimate of drug-likeness (QED) is 0.683. The van der Waals surface area contributed by atoms with Crippen LogP contribution in [0.25, 0.3) is 0 Å². The molecule has 2 aliphatic carbocycles. The van der Waals surface area contributed by atoms with E-state index in [1.54, 1.807) is 0 Å². The Morgan fingerprint density at radius 1 is 1.21 bits per heavy atom. The van der Waals surface area contributed by atoms with Gasteiger partial charge in [-0.2, -0.15) is 0 Å². The Balaban J connectivity index is 2.39. The molecule has 0 unspecified atom stereocenters. The van der Waals surface area contributed by atoms with Crippen LogP contribution >= 0.6 is 0 Å². The molecule has 2 aliphatic rings. The molecule has 1 nitrogen and oxygen atoms in total. The third kappa shape index (κ3) is 0.946. The minimum Gasteiger partial charge on any atom is -0.392 e. The van der Waals surface area contributed by atoms with E-state index in [-0.39, 0.29) is 11.5 Å². The predicted molar refractivity (Wildman–Crippen MR) is 58.9 cm³/mol. The third-order valence-electron chi connectivity index (χ3n) is 5.63. The molecule has 0 saturated heterocycles. The second-order valence-electron chi connectivity index (χ2n) is 6.55. The maximum Gasteiger partial charge on any atom is 0.0632 e.